The highest BCUT2D eigenvalue weighted by molar-refractivity contribution is 5.70. The van der Waals surface area contributed by atoms with E-state index >= 15 is 0 Å². The number of allylic oxidation sites excluding steroid dienone is 12. The maximum Gasteiger partial charge on any atom is 0.306 e. The number of esters is 2. The van der Waals surface area contributed by atoms with E-state index in [2.05, 4.69) is 93.7 Å². The van der Waals surface area contributed by atoms with Gasteiger partial charge in [-0.2, -0.15) is 0 Å². The number of carbonyl (C=O) groups is 2. The van der Waals surface area contributed by atoms with Crippen LogP contribution in [0.4, 0.5) is 0 Å². The molecule has 0 rings (SSSR count). The fourth-order valence-electron chi connectivity index (χ4n) is 8.96. The van der Waals surface area contributed by atoms with Crippen molar-refractivity contribution in [1.29, 1.82) is 0 Å². The molecule has 1 unspecified atom stereocenters. The molecule has 0 saturated heterocycles. The molecule has 0 aromatic carbocycles. The Kier molecular flexibility index (Phi) is 60.3. The zero-order chi connectivity index (χ0) is 52.0. The van der Waals surface area contributed by atoms with Crippen molar-refractivity contribution < 1.29 is 23.8 Å². The maximum absolute atomic E-state index is 12.9. The lowest BCUT2D eigenvalue weighted by atomic mass is 10.1. The highest BCUT2D eigenvalue weighted by Gasteiger charge is 2.17. The summed E-state index contributed by atoms with van der Waals surface area (Å²) in [5, 5.41) is 0. The molecule has 0 fully saturated rings. The van der Waals surface area contributed by atoms with E-state index in [1.807, 2.05) is 0 Å². The molecule has 0 N–H and O–H groups in total. The molecule has 5 nitrogen and oxygen atoms in total. The summed E-state index contributed by atoms with van der Waals surface area (Å²) in [6, 6.07) is 0. The topological polar surface area (TPSA) is 61.8 Å². The van der Waals surface area contributed by atoms with Gasteiger partial charge in [-0.25, -0.2) is 0 Å². The van der Waals surface area contributed by atoms with Crippen LogP contribution in [0.3, 0.4) is 0 Å². The highest BCUT2D eigenvalue weighted by Crippen LogP contribution is 2.16. The summed E-state index contributed by atoms with van der Waals surface area (Å²) in [6.45, 7) is 7.79. The predicted octanol–water partition coefficient (Wildman–Crippen LogP) is 21.8. The minimum Gasteiger partial charge on any atom is -0.462 e. The van der Waals surface area contributed by atoms with E-state index in [9.17, 15) is 9.59 Å². The van der Waals surface area contributed by atoms with Crippen LogP contribution in [-0.2, 0) is 23.8 Å². The highest BCUT2D eigenvalue weighted by atomic mass is 16.6. The average molecular weight is 1010 g/mol. The first-order valence-electron chi connectivity index (χ1n) is 31.5. The molecule has 0 radical (unpaired) electrons. The third kappa shape index (κ3) is 59.9. The first-order chi connectivity index (χ1) is 35.6. The number of rotatable bonds is 58. The SMILES string of the molecule is CCCCC/C=C\C/C=C\C/C=C\CCCCCCCCC(=O)OCC(COCCCCCCCCCC/C=C\C/C=C\CCCCC)OC(=O)CCCCCCCCCCC/C=C\CCCCCCCC. The van der Waals surface area contributed by atoms with E-state index in [0.29, 0.717) is 19.4 Å². The van der Waals surface area contributed by atoms with Gasteiger partial charge >= 0.3 is 11.9 Å². The molecule has 72 heavy (non-hydrogen) atoms. The Morgan fingerprint density at radius 1 is 0.306 bits per heavy atom. The first-order valence-corrected chi connectivity index (χ1v) is 31.5. The second-order valence-electron chi connectivity index (χ2n) is 21.0. The summed E-state index contributed by atoms with van der Waals surface area (Å²) < 4.78 is 17.5. The fraction of sp³-hybridized carbons (Fsp3) is 0.791. The van der Waals surface area contributed by atoms with Crippen LogP contribution in [0.25, 0.3) is 0 Å². The van der Waals surface area contributed by atoms with Gasteiger partial charge in [-0.15, -0.1) is 0 Å². The smallest absolute Gasteiger partial charge is 0.306 e. The zero-order valence-corrected chi connectivity index (χ0v) is 48.2. The minimum atomic E-state index is -0.550. The Balaban J connectivity index is 4.31. The third-order valence-electron chi connectivity index (χ3n) is 13.7. The fourth-order valence-corrected chi connectivity index (χ4v) is 8.96. The monoisotopic (exact) mass is 1000 g/mol. The molecule has 418 valence electrons. The van der Waals surface area contributed by atoms with Gasteiger partial charge in [0.25, 0.3) is 0 Å². The van der Waals surface area contributed by atoms with E-state index < -0.39 is 6.10 Å². The summed E-state index contributed by atoms with van der Waals surface area (Å²) in [4.78, 5) is 25.6. The number of hydrogen-bond donors (Lipinski definition) is 0. The molecule has 5 heteroatoms. The molecule has 0 saturated carbocycles. The third-order valence-corrected chi connectivity index (χ3v) is 13.7. The van der Waals surface area contributed by atoms with Gasteiger partial charge in [0.15, 0.2) is 6.10 Å². The van der Waals surface area contributed by atoms with Gasteiger partial charge in [0.2, 0.25) is 0 Å². The van der Waals surface area contributed by atoms with Gasteiger partial charge in [0, 0.05) is 19.4 Å². The second-order valence-corrected chi connectivity index (χ2v) is 21.0. The molecule has 0 aromatic heterocycles. The molecule has 0 aliphatic rings. The number of ether oxygens (including phenoxy) is 3. The quantitative estimate of drug-likeness (QED) is 0.0345. The zero-order valence-electron chi connectivity index (χ0n) is 48.2. The van der Waals surface area contributed by atoms with Crippen LogP contribution in [0, 0.1) is 0 Å². The van der Waals surface area contributed by atoms with Crippen LogP contribution >= 0.6 is 0 Å². The normalized spacial score (nSPS) is 12.7. The van der Waals surface area contributed by atoms with Crippen LogP contribution in [0.5, 0.6) is 0 Å². The summed E-state index contributed by atoms with van der Waals surface area (Å²) >= 11 is 0. The minimum absolute atomic E-state index is 0.0749. The van der Waals surface area contributed by atoms with Crippen LogP contribution in [-0.4, -0.2) is 37.9 Å². The molecule has 0 spiro atoms. The molecule has 0 aromatic rings. The predicted molar refractivity (Wildman–Crippen MR) is 316 cm³/mol. The molecule has 0 heterocycles. The largest absolute Gasteiger partial charge is 0.462 e. The molecule has 0 bridgehead atoms. The second kappa shape index (κ2) is 62.6. The Morgan fingerprint density at radius 3 is 0.972 bits per heavy atom. The van der Waals surface area contributed by atoms with Crippen molar-refractivity contribution in [2.24, 2.45) is 0 Å². The lowest BCUT2D eigenvalue weighted by Gasteiger charge is -2.18. The van der Waals surface area contributed by atoms with Gasteiger partial charge in [-0.05, 0) is 116 Å². The van der Waals surface area contributed by atoms with Crippen LogP contribution in [0.1, 0.15) is 316 Å². The number of unbranched alkanes of at least 4 members (excludes halogenated alkanes) is 35. The Hall–Kier alpha value is -2.66. The lowest BCUT2D eigenvalue weighted by molar-refractivity contribution is -0.163. The number of hydrogen-bond acceptors (Lipinski definition) is 5. The Labute approximate surface area is 448 Å². The van der Waals surface area contributed by atoms with Crippen molar-refractivity contribution in [3.05, 3.63) is 72.9 Å². The van der Waals surface area contributed by atoms with Gasteiger partial charge in [0.05, 0.1) is 6.61 Å². The van der Waals surface area contributed by atoms with Crippen LogP contribution in [0.2, 0.25) is 0 Å². The standard InChI is InChI=1S/C67H120O5/c1-4-7-10-13-16-19-22-25-28-31-34-36-39-42-45-48-51-54-57-60-66(68)71-64-65(63-70-62-59-56-53-50-47-44-41-38-33-30-27-24-21-18-15-12-9-6-3)72-67(69)61-58-55-52-49-46-43-40-37-35-32-29-26-23-20-17-14-11-8-5-2/h16,18-19,21,25-30,34,36,65H,4-15,17,20,22-24,31-33,35,37-64H2,1-3H3/b19-16-,21-18-,28-25-,29-26-,30-27-,36-34-. The van der Waals surface area contributed by atoms with Crippen molar-refractivity contribution in [3.8, 4) is 0 Å². The van der Waals surface area contributed by atoms with Crippen molar-refractivity contribution >= 4 is 11.9 Å². The maximum atomic E-state index is 12.9. The van der Waals surface area contributed by atoms with Crippen LogP contribution in [0.15, 0.2) is 72.9 Å². The molecular formula is C67H120O5. The summed E-state index contributed by atoms with van der Waals surface area (Å²) in [5.74, 6) is -0.405. The Morgan fingerprint density at radius 2 is 0.583 bits per heavy atom. The van der Waals surface area contributed by atoms with E-state index in [-0.39, 0.29) is 25.2 Å². The molecule has 1 atom stereocenters. The molecular weight excluding hydrogens is 885 g/mol. The van der Waals surface area contributed by atoms with Gasteiger partial charge in [-0.3, -0.25) is 9.59 Å². The van der Waals surface area contributed by atoms with E-state index in [1.165, 1.54) is 212 Å². The van der Waals surface area contributed by atoms with Crippen molar-refractivity contribution in [3.63, 3.8) is 0 Å². The van der Waals surface area contributed by atoms with Crippen molar-refractivity contribution in [1.82, 2.24) is 0 Å². The average Bonchev–Trinajstić information content (AvgIpc) is 3.38. The Bertz CT molecular complexity index is 1270. The van der Waals surface area contributed by atoms with Gasteiger partial charge < -0.3 is 14.2 Å². The van der Waals surface area contributed by atoms with E-state index in [4.69, 9.17) is 14.2 Å². The van der Waals surface area contributed by atoms with Gasteiger partial charge in [0.1, 0.15) is 6.61 Å². The summed E-state index contributed by atoms with van der Waals surface area (Å²) in [7, 11) is 0. The lowest BCUT2D eigenvalue weighted by Crippen LogP contribution is -2.30. The summed E-state index contributed by atoms with van der Waals surface area (Å²) in [6.07, 6.45) is 82.1. The van der Waals surface area contributed by atoms with E-state index in [1.54, 1.807) is 0 Å². The van der Waals surface area contributed by atoms with E-state index in [0.717, 1.165) is 70.6 Å². The first kappa shape index (κ1) is 69.3. The van der Waals surface area contributed by atoms with Gasteiger partial charge in [-0.1, -0.05) is 261 Å². The molecule has 0 amide bonds. The van der Waals surface area contributed by atoms with Crippen molar-refractivity contribution in [2.75, 3.05) is 19.8 Å². The molecule has 0 aliphatic heterocycles. The number of carbonyl (C=O) groups excluding carboxylic acids is 2. The molecule has 0 aliphatic carbocycles. The van der Waals surface area contributed by atoms with Crippen molar-refractivity contribution in [2.45, 2.75) is 322 Å². The summed E-state index contributed by atoms with van der Waals surface area (Å²) in [5.41, 5.74) is 0. The van der Waals surface area contributed by atoms with Crippen LogP contribution < -0.4 is 0 Å².